The van der Waals surface area contributed by atoms with Gasteiger partial charge in [0.15, 0.2) is 5.54 Å². The predicted octanol–water partition coefficient (Wildman–Crippen LogP) is 2.92. The van der Waals surface area contributed by atoms with E-state index in [-0.39, 0.29) is 23.7 Å². The number of rotatable bonds is 4. The molecule has 3 aromatic rings. The third-order valence-electron chi connectivity index (χ3n) is 6.51. The van der Waals surface area contributed by atoms with Crippen LogP contribution in [-0.4, -0.2) is 42.0 Å². The third kappa shape index (κ3) is 3.34. The molecule has 0 radical (unpaired) electrons. The average Bonchev–Trinajstić information content (AvgIpc) is 3.35. The Morgan fingerprint density at radius 2 is 1.94 bits per heavy atom. The molecule has 3 heterocycles. The van der Waals surface area contributed by atoms with Crippen LogP contribution in [0.2, 0.25) is 0 Å². The van der Waals surface area contributed by atoms with Gasteiger partial charge in [0.05, 0.1) is 5.69 Å². The number of aryl methyl sites for hydroxylation is 1. The lowest BCUT2D eigenvalue weighted by atomic mass is 9.82. The third-order valence-corrected chi connectivity index (χ3v) is 6.51. The van der Waals surface area contributed by atoms with Gasteiger partial charge in [-0.1, -0.05) is 36.4 Å². The molecule has 6 nitrogen and oxygen atoms in total. The molecular formula is C25H26FN5O. The minimum Gasteiger partial charge on any atom is -0.349 e. The van der Waals surface area contributed by atoms with Crippen molar-refractivity contribution < 1.29 is 9.18 Å². The highest BCUT2D eigenvalue weighted by molar-refractivity contribution is 5.95. The van der Waals surface area contributed by atoms with Crippen molar-refractivity contribution in [2.75, 3.05) is 25.6 Å². The van der Waals surface area contributed by atoms with Crippen LogP contribution in [0.3, 0.4) is 0 Å². The first-order valence-corrected chi connectivity index (χ1v) is 10.8. The first-order chi connectivity index (χ1) is 15.5. The van der Waals surface area contributed by atoms with Gasteiger partial charge in [0, 0.05) is 42.5 Å². The molecule has 1 aromatic heterocycles. The number of nitrogens with one attached hydrogen (secondary N) is 3. The highest BCUT2D eigenvalue weighted by Crippen LogP contribution is 2.40. The molecule has 32 heavy (non-hydrogen) atoms. The molecule has 0 saturated carbocycles. The second kappa shape index (κ2) is 8.00. The van der Waals surface area contributed by atoms with E-state index in [0.717, 1.165) is 22.5 Å². The Balaban J connectivity index is 1.54. The van der Waals surface area contributed by atoms with E-state index in [9.17, 15) is 9.18 Å². The van der Waals surface area contributed by atoms with Crippen LogP contribution in [0.4, 0.5) is 10.1 Å². The van der Waals surface area contributed by atoms with E-state index in [1.165, 1.54) is 6.07 Å². The molecule has 0 aliphatic carbocycles. The van der Waals surface area contributed by atoms with Crippen molar-refractivity contribution >= 4 is 11.6 Å². The van der Waals surface area contributed by atoms with Crippen molar-refractivity contribution in [2.24, 2.45) is 0 Å². The lowest BCUT2D eigenvalue weighted by Gasteiger charge is -2.32. The van der Waals surface area contributed by atoms with Crippen molar-refractivity contribution in [1.82, 2.24) is 20.6 Å². The van der Waals surface area contributed by atoms with Gasteiger partial charge >= 0.3 is 0 Å². The summed E-state index contributed by atoms with van der Waals surface area (Å²) in [7, 11) is 1.99. The van der Waals surface area contributed by atoms with Gasteiger partial charge in [0.25, 0.3) is 5.91 Å². The van der Waals surface area contributed by atoms with Gasteiger partial charge in [-0.2, -0.15) is 0 Å². The summed E-state index contributed by atoms with van der Waals surface area (Å²) in [5.41, 5.74) is 9.26. The summed E-state index contributed by atoms with van der Waals surface area (Å²) < 4.78 is 14.6. The van der Waals surface area contributed by atoms with Gasteiger partial charge in [0.2, 0.25) is 0 Å². The molecule has 1 saturated heterocycles. The number of fused-ring (bicyclic) bond motifs is 1. The highest BCUT2D eigenvalue weighted by atomic mass is 19.1. The number of carbonyl (C=O) groups is 1. The Morgan fingerprint density at radius 3 is 2.75 bits per heavy atom. The number of carbonyl (C=O) groups excluding carboxylic acids is 1. The number of hydrazine groups is 1. The fourth-order valence-electron chi connectivity index (χ4n) is 4.98. The molecule has 2 aliphatic heterocycles. The van der Waals surface area contributed by atoms with Crippen LogP contribution in [0.1, 0.15) is 28.3 Å². The van der Waals surface area contributed by atoms with Gasteiger partial charge in [-0.05, 0) is 49.4 Å². The molecule has 2 aliphatic rings. The van der Waals surface area contributed by atoms with Crippen molar-refractivity contribution in [1.29, 1.82) is 0 Å². The molecule has 1 fully saturated rings. The smallest absolute Gasteiger partial charge is 0.251 e. The number of hydrogen-bond acceptors (Lipinski definition) is 5. The Kier molecular flexibility index (Phi) is 5.15. The normalized spacial score (nSPS) is 24.7. The lowest BCUT2D eigenvalue weighted by molar-refractivity contribution is -0.126. The Labute approximate surface area is 186 Å². The quantitative estimate of drug-likeness (QED) is 0.593. The van der Waals surface area contributed by atoms with E-state index in [0.29, 0.717) is 18.7 Å². The van der Waals surface area contributed by atoms with E-state index in [4.69, 9.17) is 0 Å². The molecule has 5 rings (SSSR count). The van der Waals surface area contributed by atoms with E-state index < -0.39 is 5.54 Å². The average molecular weight is 432 g/mol. The molecule has 1 unspecified atom stereocenters. The van der Waals surface area contributed by atoms with E-state index in [1.807, 2.05) is 62.5 Å². The van der Waals surface area contributed by atoms with Crippen LogP contribution in [-0.2, 0) is 10.3 Å². The van der Waals surface area contributed by atoms with Gasteiger partial charge in [-0.25, -0.2) is 9.82 Å². The number of pyridine rings is 1. The Bertz CT molecular complexity index is 1170. The molecule has 2 aromatic carbocycles. The minimum absolute atomic E-state index is 0.133. The highest BCUT2D eigenvalue weighted by Gasteiger charge is 2.49. The number of nitrogens with zero attached hydrogens (tertiary/aromatic N) is 2. The molecule has 164 valence electrons. The molecule has 3 N–H and O–H groups in total. The number of amides is 1. The van der Waals surface area contributed by atoms with Gasteiger partial charge < -0.3 is 15.6 Å². The monoisotopic (exact) mass is 431 g/mol. The molecule has 0 bridgehead atoms. The first-order valence-electron chi connectivity index (χ1n) is 10.8. The maximum absolute atomic E-state index is 14.6. The van der Waals surface area contributed by atoms with Gasteiger partial charge in [-0.15, -0.1) is 0 Å². The van der Waals surface area contributed by atoms with Crippen LogP contribution in [0.25, 0.3) is 0 Å². The number of likely N-dealkylation sites (N-methyl/N-ethyl adjacent to an activating group) is 1. The number of benzene rings is 2. The largest absolute Gasteiger partial charge is 0.349 e. The molecule has 1 amide bonds. The second-order valence-electron chi connectivity index (χ2n) is 8.66. The molecule has 0 spiro atoms. The molecule has 3 atom stereocenters. The summed E-state index contributed by atoms with van der Waals surface area (Å²) in [4.78, 5) is 20.4. The second-order valence-corrected chi connectivity index (χ2v) is 8.66. The summed E-state index contributed by atoms with van der Waals surface area (Å²) in [5, 5.41) is 3.26. The van der Waals surface area contributed by atoms with Gasteiger partial charge in [0.1, 0.15) is 5.82 Å². The Hall–Kier alpha value is -3.29. The zero-order valence-electron chi connectivity index (χ0n) is 18.1. The first kappa shape index (κ1) is 20.6. The standard InChI is InChI=1S/C25H26FN5O/c1-16-13-17(11-12-27-16)25(20-8-4-6-10-22(20)29-30-25)24(32)28-23-15-31(2)14-19(23)18-7-3-5-9-21(18)26/h3-13,19,23,29-30H,14-15H2,1-2H3,(H,28,32)/t19-,23+,25?/m0/s1. The van der Waals surface area contributed by atoms with Crippen molar-refractivity contribution in [3.63, 3.8) is 0 Å². The van der Waals surface area contributed by atoms with Crippen LogP contribution in [0.15, 0.2) is 66.9 Å². The lowest BCUT2D eigenvalue weighted by Crippen LogP contribution is -2.56. The molecule has 7 heteroatoms. The van der Waals surface area contributed by atoms with Crippen molar-refractivity contribution in [2.45, 2.75) is 24.4 Å². The summed E-state index contributed by atoms with van der Waals surface area (Å²) >= 11 is 0. The number of hydrogen-bond donors (Lipinski definition) is 3. The maximum Gasteiger partial charge on any atom is 0.251 e. The number of likely N-dealkylation sites (tertiary alicyclic amines) is 1. The van der Waals surface area contributed by atoms with Crippen molar-refractivity contribution in [3.05, 3.63) is 95.1 Å². The van der Waals surface area contributed by atoms with Crippen LogP contribution in [0, 0.1) is 12.7 Å². The van der Waals surface area contributed by atoms with E-state index in [2.05, 4.69) is 26.1 Å². The van der Waals surface area contributed by atoms with E-state index >= 15 is 0 Å². The molecular weight excluding hydrogens is 405 g/mol. The summed E-state index contributed by atoms with van der Waals surface area (Å²) in [6.07, 6.45) is 1.72. The number of aromatic nitrogens is 1. The minimum atomic E-state index is -1.12. The number of halogens is 1. The fraction of sp³-hybridized carbons (Fsp3) is 0.280. The number of para-hydroxylation sites is 1. The zero-order valence-corrected chi connectivity index (χ0v) is 18.1. The maximum atomic E-state index is 14.6. The van der Waals surface area contributed by atoms with E-state index in [1.54, 1.807) is 12.3 Å². The topological polar surface area (TPSA) is 69.3 Å². The summed E-state index contributed by atoms with van der Waals surface area (Å²) in [5.74, 6) is -0.550. The SMILES string of the molecule is Cc1cc(C2(C(=O)N[C@@H]3CN(C)C[C@H]3c3ccccc3F)NNc3ccccc32)ccn1. The predicted molar refractivity (Wildman–Crippen MR) is 122 cm³/mol. The zero-order chi connectivity index (χ0) is 22.3. The summed E-state index contributed by atoms with van der Waals surface area (Å²) in [6, 6.07) is 18.1. The fourth-order valence-corrected chi connectivity index (χ4v) is 4.98. The number of anilines is 1. The van der Waals surface area contributed by atoms with Crippen LogP contribution < -0.4 is 16.2 Å². The van der Waals surface area contributed by atoms with Crippen LogP contribution >= 0.6 is 0 Å². The van der Waals surface area contributed by atoms with Gasteiger partial charge in [-0.3, -0.25) is 9.78 Å². The van der Waals surface area contributed by atoms with Crippen LogP contribution in [0.5, 0.6) is 0 Å². The Morgan fingerprint density at radius 1 is 1.16 bits per heavy atom. The van der Waals surface area contributed by atoms with Crippen molar-refractivity contribution in [3.8, 4) is 0 Å². The summed E-state index contributed by atoms with van der Waals surface area (Å²) in [6.45, 7) is 3.23.